The number of hydrogen-bond donors (Lipinski definition) is 4. The zero-order chi connectivity index (χ0) is 16.3. The van der Waals surface area contributed by atoms with E-state index in [-0.39, 0.29) is 11.5 Å². The standard InChI is InChI=1S/C12H21N3O5S/c1-8(2)3-4-13-12(20)15-10(17)6-21-5-9(11(18)19)14-7-16/h7-9H,3-6H2,1-2H3,(H,14,16)(H,18,19)(H2,13,15,17,20). The fraction of sp³-hybridized carbons (Fsp3) is 0.667. The molecule has 21 heavy (non-hydrogen) atoms. The van der Waals surface area contributed by atoms with Crippen LogP contribution in [0.25, 0.3) is 0 Å². The topological polar surface area (TPSA) is 125 Å². The lowest BCUT2D eigenvalue weighted by Gasteiger charge is -2.11. The number of amides is 4. The third-order valence-corrected chi connectivity index (χ3v) is 3.38. The summed E-state index contributed by atoms with van der Waals surface area (Å²) >= 11 is 1.01. The van der Waals surface area contributed by atoms with Crippen molar-refractivity contribution in [1.82, 2.24) is 16.0 Å². The van der Waals surface area contributed by atoms with Gasteiger partial charge in [-0.05, 0) is 12.3 Å². The minimum Gasteiger partial charge on any atom is -0.480 e. The molecule has 9 heteroatoms. The molecule has 0 saturated heterocycles. The van der Waals surface area contributed by atoms with E-state index in [1.807, 2.05) is 13.8 Å². The Morgan fingerprint density at radius 2 is 1.95 bits per heavy atom. The van der Waals surface area contributed by atoms with Gasteiger partial charge in [0.25, 0.3) is 0 Å². The van der Waals surface area contributed by atoms with Crippen molar-refractivity contribution >= 4 is 36.1 Å². The summed E-state index contributed by atoms with van der Waals surface area (Å²) in [7, 11) is 0. The highest BCUT2D eigenvalue weighted by atomic mass is 32.2. The molecule has 0 aliphatic carbocycles. The molecule has 0 aromatic rings. The van der Waals surface area contributed by atoms with Crippen molar-refractivity contribution in [2.75, 3.05) is 18.1 Å². The van der Waals surface area contributed by atoms with Gasteiger partial charge in [0.2, 0.25) is 12.3 Å². The van der Waals surface area contributed by atoms with Crippen molar-refractivity contribution in [3.05, 3.63) is 0 Å². The van der Waals surface area contributed by atoms with Crippen LogP contribution in [0.2, 0.25) is 0 Å². The fourth-order valence-electron chi connectivity index (χ4n) is 1.22. The van der Waals surface area contributed by atoms with E-state index in [0.29, 0.717) is 18.9 Å². The van der Waals surface area contributed by atoms with E-state index < -0.39 is 23.9 Å². The third kappa shape index (κ3) is 10.7. The number of hydrogen-bond acceptors (Lipinski definition) is 5. The van der Waals surface area contributed by atoms with Crippen LogP contribution in [0.1, 0.15) is 20.3 Å². The van der Waals surface area contributed by atoms with Gasteiger partial charge in [-0.3, -0.25) is 14.9 Å². The van der Waals surface area contributed by atoms with E-state index in [2.05, 4.69) is 16.0 Å². The van der Waals surface area contributed by atoms with Crippen LogP contribution in [0.15, 0.2) is 0 Å². The van der Waals surface area contributed by atoms with Gasteiger partial charge in [-0.25, -0.2) is 9.59 Å². The van der Waals surface area contributed by atoms with Crippen LogP contribution in [0, 0.1) is 5.92 Å². The Morgan fingerprint density at radius 1 is 1.29 bits per heavy atom. The van der Waals surface area contributed by atoms with Crippen molar-refractivity contribution in [2.45, 2.75) is 26.3 Å². The molecule has 8 nitrogen and oxygen atoms in total. The maximum atomic E-state index is 11.4. The Kier molecular flexibility index (Phi) is 10.0. The van der Waals surface area contributed by atoms with Crippen molar-refractivity contribution in [2.24, 2.45) is 5.92 Å². The Bertz CT molecular complexity index is 376. The summed E-state index contributed by atoms with van der Waals surface area (Å²) in [5.41, 5.74) is 0. The Morgan fingerprint density at radius 3 is 2.48 bits per heavy atom. The zero-order valence-electron chi connectivity index (χ0n) is 12.0. The van der Waals surface area contributed by atoms with E-state index in [1.54, 1.807) is 0 Å². The second-order valence-corrected chi connectivity index (χ2v) is 5.71. The highest BCUT2D eigenvalue weighted by Gasteiger charge is 2.17. The largest absolute Gasteiger partial charge is 0.480 e. The summed E-state index contributed by atoms with van der Waals surface area (Å²) in [6, 6.07) is -1.62. The van der Waals surface area contributed by atoms with Crippen LogP contribution in [0.5, 0.6) is 0 Å². The summed E-state index contributed by atoms with van der Waals surface area (Å²) in [5, 5.41) is 15.6. The maximum Gasteiger partial charge on any atom is 0.327 e. The zero-order valence-corrected chi connectivity index (χ0v) is 12.9. The van der Waals surface area contributed by atoms with Gasteiger partial charge in [-0.1, -0.05) is 13.8 Å². The molecular formula is C12H21N3O5S. The number of carbonyl (C=O) groups excluding carboxylic acids is 3. The molecule has 120 valence electrons. The molecular weight excluding hydrogens is 298 g/mol. The second-order valence-electron chi connectivity index (χ2n) is 4.68. The van der Waals surface area contributed by atoms with Crippen molar-refractivity contribution in [1.29, 1.82) is 0 Å². The molecule has 1 unspecified atom stereocenters. The molecule has 4 amide bonds. The van der Waals surface area contributed by atoms with Gasteiger partial charge < -0.3 is 15.7 Å². The van der Waals surface area contributed by atoms with Crippen LogP contribution in [0.3, 0.4) is 0 Å². The molecule has 0 radical (unpaired) electrons. The Balaban J connectivity index is 3.86. The molecule has 0 aromatic heterocycles. The smallest absolute Gasteiger partial charge is 0.327 e. The molecule has 0 aromatic carbocycles. The first-order valence-electron chi connectivity index (χ1n) is 6.44. The molecule has 0 heterocycles. The average molecular weight is 319 g/mol. The normalized spacial score (nSPS) is 11.6. The van der Waals surface area contributed by atoms with Gasteiger partial charge in [0.1, 0.15) is 6.04 Å². The lowest BCUT2D eigenvalue weighted by atomic mass is 10.1. The number of urea groups is 1. The molecule has 0 saturated carbocycles. The van der Waals surface area contributed by atoms with E-state index in [4.69, 9.17) is 5.11 Å². The predicted molar refractivity (Wildman–Crippen MR) is 78.9 cm³/mol. The quantitative estimate of drug-likeness (QED) is 0.413. The third-order valence-electron chi connectivity index (χ3n) is 2.35. The number of rotatable bonds is 10. The van der Waals surface area contributed by atoms with Crippen molar-refractivity contribution < 1.29 is 24.3 Å². The SMILES string of the molecule is CC(C)CCNC(=O)NC(=O)CSCC(NC=O)C(=O)O. The molecule has 0 rings (SSSR count). The van der Waals surface area contributed by atoms with E-state index in [1.165, 1.54) is 0 Å². The van der Waals surface area contributed by atoms with E-state index in [9.17, 15) is 19.2 Å². The minimum absolute atomic E-state index is 0.0382. The lowest BCUT2D eigenvalue weighted by Crippen LogP contribution is -2.41. The van der Waals surface area contributed by atoms with Crippen LogP contribution in [0.4, 0.5) is 4.79 Å². The number of carboxylic acids is 1. The first kappa shape index (κ1) is 19.2. The molecule has 0 spiro atoms. The minimum atomic E-state index is -1.18. The van der Waals surface area contributed by atoms with Gasteiger partial charge in [0.15, 0.2) is 0 Å². The number of imide groups is 1. The van der Waals surface area contributed by atoms with Gasteiger partial charge >= 0.3 is 12.0 Å². The summed E-state index contributed by atoms with van der Waals surface area (Å²) in [6.07, 6.45) is 1.11. The number of aliphatic carboxylic acids is 1. The number of carbonyl (C=O) groups is 4. The number of nitrogens with one attached hydrogen (secondary N) is 3. The summed E-state index contributed by atoms with van der Waals surface area (Å²) in [4.78, 5) is 43.7. The second kappa shape index (κ2) is 11.0. The Labute approximate surface area is 127 Å². The van der Waals surface area contributed by atoms with Crippen LogP contribution >= 0.6 is 11.8 Å². The lowest BCUT2D eigenvalue weighted by molar-refractivity contribution is -0.139. The monoisotopic (exact) mass is 319 g/mol. The summed E-state index contributed by atoms with van der Waals surface area (Å²) < 4.78 is 0. The van der Waals surface area contributed by atoms with Crippen molar-refractivity contribution in [3.63, 3.8) is 0 Å². The molecule has 0 aliphatic rings. The first-order chi connectivity index (χ1) is 9.86. The van der Waals surface area contributed by atoms with E-state index >= 15 is 0 Å². The average Bonchev–Trinajstić information content (AvgIpc) is 2.36. The van der Waals surface area contributed by atoms with Crippen LogP contribution in [-0.2, 0) is 14.4 Å². The number of carboxylic acid groups (broad SMARTS) is 1. The van der Waals surface area contributed by atoms with Crippen LogP contribution < -0.4 is 16.0 Å². The van der Waals surface area contributed by atoms with Gasteiger partial charge in [-0.2, -0.15) is 0 Å². The number of thioether (sulfide) groups is 1. The van der Waals surface area contributed by atoms with Crippen LogP contribution in [-0.4, -0.2) is 53.5 Å². The van der Waals surface area contributed by atoms with Gasteiger partial charge in [-0.15, -0.1) is 11.8 Å². The molecule has 0 fully saturated rings. The highest BCUT2D eigenvalue weighted by molar-refractivity contribution is 8.00. The maximum absolute atomic E-state index is 11.4. The molecule has 1 atom stereocenters. The Hall–Kier alpha value is -1.77. The highest BCUT2D eigenvalue weighted by Crippen LogP contribution is 2.02. The molecule has 4 N–H and O–H groups in total. The summed E-state index contributed by atoms with van der Waals surface area (Å²) in [6.45, 7) is 4.52. The first-order valence-corrected chi connectivity index (χ1v) is 7.60. The fourth-order valence-corrected chi connectivity index (χ4v) is 2.07. The molecule has 0 aliphatic heterocycles. The van der Waals surface area contributed by atoms with Crippen molar-refractivity contribution in [3.8, 4) is 0 Å². The van der Waals surface area contributed by atoms with Gasteiger partial charge in [0, 0.05) is 12.3 Å². The van der Waals surface area contributed by atoms with Gasteiger partial charge in [0.05, 0.1) is 5.75 Å². The predicted octanol–water partition coefficient (Wildman–Crippen LogP) is -0.209. The van der Waals surface area contributed by atoms with E-state index in [0.717, 1.165) is 18.2 Å². The summed E-state index contributed by atoms with van der Waals surface area (Å²) in [5.74, 6) is -1.27. The molecule has 0 bridgehead atoms.